The van der Waals surface area contributed by atoms with Crippen molar-refractivity contribution in [3.8, 4) is 5.75 Å². The van der Waals surface area contributed by atoms with Crippen molar-refractivity contribution in [2.75, 3.05) is 19.0 Å². The number of methoxy groups -OCH3 is 1. The van der Waals surface area contributed by atoms with Crippen LogP contribution in [0.2, 0.25) is 5.02 Å². The third-order valence-corrected chi connectivity index (χ3v) is 6.46. The van der Waals surface area contributed by atoms with Gasteiger partial charge in [0.2, 0.25) is 0 Å². The lowest BCUT2D eigenvalue weighted by molar-refractivity contribution is -0.137. The Kier molecular flexibility index (Phi) is 5.84. The molecule has 35 heavy (non-hydrogen) atoms. The number of halogens is 4. The third-order valence-electron chi connectivity index (χ3n) is 6.22. The molecule has 0 saturated carbocycles. The molecule has 4 aromatic rings. The second-order valence-electron chi connectivity index (χ2n) is 8.33. The fraction of sp³-hybridized carbons (Fsp3) is 0.192. The monoisotopic (exact) mass is 499 g/mol. The Morgan fingerprint density at radius 2 is 1.89 bits per heavy atom. The molecule has 0 spiro atoms. The first kappa shape index (κ1) is 23.1. The number of aromatic nitrogens is 1. The maximum Gasteiger partial charge on any atom is 0.416 e. The lowest BCUT2D eigenvalue weighted by Gasteiger charge is -2.36. The number of rotatable bonds is 3. The van der Waals surface area contributed by atoms with Gasteiger partial charge in [0.15, 0.2) is 0 Å². The van der Waals surface area contributed by atoms with Crippen LogP contribution in [-0.4, -0.2) is 29.6 Å². The lowest BCUT2D eigenvalue weighted by atomic mass is 9.92. The quantitative estimate of drug-likeness (QED) is 0.318. The zero-order valence-corrected chi connectivity index (χ0v) is 19.4. The Bertz CT molecular complexity index is 1400. The number of alkyl halides is 3. The van der Waals surface area contributed by atoms with Crippen LogP contribution in [0.15, 0.2) is 66.7 Å². The number of carbonyl (C=O) groups excluding carboxylic acids is 1. The van der Waals surface area contributed by atoms with Gasteiger partial charge in [0, 0.05) is 33.9 Å². The molecule has 1 aliphatic heterocycles. The highest BCUT2D eigenvalue weighted by molar-refractivity contribution is 6.31. The molecular weight excluding hydrogens is 479 g/mol. The minimum absolute atomic E-state index is 0.0764. The summed E-state index contributed by atoms with van der Waals surface area (Å²) in [6.07, 6.45) is -3.93. The SMILES string of the molecule is COc1ccc(C2c3[nH]c4ccc(Cl)cc4c3CCN2C(=O)Nc2cccc(C(F)(F)F)c2)cc1. The van der Waals surface area contributed by atoms with Crippen molar-refractivity contribution in [2.45, 2.75) is 18.6 Å². The van der Waals surface area contributed by atoms with Gasteiger partial charge in [-0.25, -0.2) is 4.79 Å². The van der Waals surface area contributed by atoms with Crippen molar-refractivity contribution in [1.82, 2.24) is 9.88 Å². The topological polar surface area (TPSA) is 57.4 Å². The average molecular weight is 500 g/mol. The summed E-state index contributed by atoms with van der Waals surface area (Å²) in [5.41, 5.74) is 2.90. The standard InChI is InChI=1S/C26H21ClF3N3O2/c1-35-19-8-5-15(6-9-19)24-23-20(21-14-17(27)7-10-22(21)32-23)11-12-33(24)25(34)31-18-4-2-3-16(13-18)26(28,29)30/h2-10,13-14,24,32H,11-12H2,1H3,(H,31,34). The molecule has 9 heteroatoms. The number of anilines is 1. The van der Waals surface area contributed by atoms with E-state index in [1.807, 2.05) is 36.4 Å². The highest BCUT2D eigenvalue weighted by atomic mass is 35.5. The zero-order valence-electron chi connectivity index (χ0n) is 18.6. The van der Waals surface area contributed by atoms with E-state index in [2.05, 4.69) is 10.3 Å². The van der Waals surface area contributed by atoms with Gasteiger partial charge >= 0.3 is 12.2 Å². The largest absolute Gasteiger partial charge is 0.497 e. The van der Waals surface area contributed by atoms with E-state index < -0.39 is 23.8 Å². The van der Waals surface area contributed by atoms with Crippen LogP contribution >= 0.6 is 11.6 Å². The van der Waals surface area contributed by atoms with Crippen LogP contribution in [-0.2, 0) is 12.6 Å². The Morgan fingerprint density at radius 3 is 2.60 bits per heavy atom. The molecule has 1 aromatic heterocycles. The summed E-state index contributed by atoms with van der Waals surface area (Å²) >= 11 is 6.24. The minimum Gasteiger partial charge on any atom is -0.497 e. The fourth-order valence-electron chi connectivity index (χ4n) is 4.58. The smallest absolute Gasteiger partial charge is 0.416 e. The molecule has 0 radical (unpaired) electrons. The predicted molar refractivity (Wildman–Crippen MR) is 129 cm³/mol. The molecule has 0 fully saturated rings. The van der Waals surface area contributed by atoms with E-state index in [1.165, 1.54) is 12.1 Å². The van der Waals surface area contributed by atoms with E-state index in [9.17, 15) is 18.0 Å². The molecule has 5 rings (SSSR count). The van der Waals surface area contributed by atoms with Crippen LogP contribution in [0.1, 0.15) is 28.4 Å². The molecule has 2 amide bonds. The molecule has 1 aliphatic rings. The number of hydrogen-bond donors (Lipinski definition) is 2. The lowest BCUT2D eigenvalue weighted by Crippen LogP contribution is -2.43. The number of benzene rings is 3. The van der Waals surface area contributed by atoms with Crippen molar-refractivity contribution < 1.29 is 22.7 Å². The second kappa shape index (κ2) is 8.85. The molecule has 1 unspecified atom stereocenters. The van der Waals surface area contributed by atoms with E-state index in [1.54, 1.807) is 18.1 Å². The number of H-pyrrole nitrogens is 1. The van der Waals surface area contributed by atoms with Gasteiger partial charge in [0.25, 0.3) is 0 Å². The average Bonchev–Trinajstić information content (AvgIpc) is 3.21. The van der Waals surface area contributed by atoms with E-state index in [-0.39, 0.29) is 5.69 Å². The molecule has 3 aromatic carbocycles. The Morgan fingerprint density at radius 1 is 1.11 bits per heavy atom. The van der Waals surface area contributed by atoms with Gasteiger partial charge in [0.05, 0.1) is 18.7 Å². The van der Waals surface area contributed by atoms with Gasteiger partial charge in [-0.2, -0.15) is 13.2 Å². The highest BCUT2D eigenvalue weighted by Gasteiger charge is 2.35. The van der Waals surface area contributed by atoms with E-state index in [4.69, 9.17) is 16.3 Å². The van der Waals surface area contributed by atoms with Crippen LogP contribution in [0.25, 0.3) is 10.9 Å². The number of aromatic amines is 1. The first-order valence-electron chi connectivity index (χ1n) is 10.9. The first-order chi connectivity index (χ1) is 16.7. The summed E-state index contributed by atoms with van der Waals surface area (Å²) in [4.78, 5) is 18.5. The molecule has 180 valence electrons. The maximum atomic E-state index is 13.4. The summed E-state index contributed by atoms with van der Waals surface area (Å²) in [5, 5.41) is 4.25. The number of urea groups is 1. The number of ether oxygens (including phenoxy) is 1. The van der Waals surface area contributed by atoms with Crippen molar-refractivity contribution in [3.05, 3.63) is 94.1 Å². The van der Waals surface area contributed by atoms with Crippen LogP contribution in [0.4, 0.5) is 23.7 Å². The first-order valence-corrected chi connectivity index (χ1v) is 11.3. The maximum absolute atomic E-state index is 13.4. The fourth-order valence-corrected chi connectivity index (χ4v) is 4.75. The molecule has 2 N–H and O–H groups in total. The Labute approximate surface area is 204 Å². The van der Waals surface area contributed by atoms with Gasteiger partial charge in [-0.1, -0.05) is 29.8 Å². The van der Waals surface area contributed by atoms with Crippen LogP contribution in [0.3, 0.4) is 0 Å². The highest BCUT2D eigenvalue weighted by Crippen LogP contribution is 2.40. The number of nitrogens with zero attached hydrogens (tertiary/aromatic N) is 1. The summed E-state index contributed by atoms with van der Waals surface area (Å²) in [7, 11) is 1.57. The molecule has 2 heterocycles. The van der Waals surface area contributed by atoms with E-state index >= 15 is 0 Å². The molecule has 1 atom stereocenters. The van der Waals surface area contributed by atoms with Crippen LogP contribution in [0.5, 0.6) is 5.75 Å². The molecule has 5 nitrogen and oxygen atoms in total. The van der Waals surface area contributed by atoms with Crippen LogP contribution in [0, 0.1) is 0 Å². The number of nitrogens with one attached hydrogen (secondary N) is 2. The van der Waals surface area contributed by atoms with Gasteiger partial charge in [-0.05, 0) is 66.1 Å². The van der Waals surface area contributed by atoms with Gasteiger partial charge in [-0.15, -0.1) is 0 Å². The summed E-state index contributed by atoms with van der Waals surface area (Å²) in [6, 6.07) is 16.6. The third kappa shape index (κ3) is 4.41. The zero-order chi connectivity index (χ0) is 24.7. The van der Waals surface area contributed by atoms with E-state index in [0.29, 0.717) is 23.7 Å². The number of carbonyl (C=O) groups is 1. The number of amides is 2. The molecule has 0 bridgehead atoms. The van der Waals surface area contributed by atoms with Crippen molar-refractivity contribution in [3.63, 3.8) is 0 Å². The number of hydrogen-bond acceptors (Lipinski definition) is 2. The predicted octanol–water partition coefficient (Wildman–Crippen LogP) is 7.03. The summed E-state index contributed by atoms with van der Waals surface area (Å²) < 4.78 is 44.7. The normalized spacial score (nSPS) is 15.7. The van der Waals surface area contributed by atoms with Gasteiger partial charge < -0.3 is 19.9 Å². The van der Waals surface area contributed by atoms with Crippen LogP contribution < -0.4 is 10.1 Å². The second-order valence-corrected chi connectivity index (χ2v) is 8.77. The summed E-state index contributed by atoms with van der Waals surface area (Å²) in [6.45, 7) is 0.369. The number of fused-ring (bicyclic) bond motifs is 3. The van der Waals surface area contributed by atoms with E-state index in [0.717, 1.165) is 39.9 Å². The Balaban J connectivity index is 1.54. The minimum atomic E-state index is -4.50. The van der Waals surface area contributed by atoms with Gasteiger partial charge in [-0.3, -0.25) is 0 Å². The van der Waals surface area contributed by atoms with Crippen molar-refractivity contribution in [2.24, 2.45) is 0 Å². The van der Waals surface area contributed by atoms with Crippen molar-refractivity contribution in [1.29, 1.82) is 0 Å². The summed E-state index contributed by atoms with van der Waals surface area (Å²) in [5.74, 6) is 0.674. The van der Waals surface area contributed by atoms with Gasteiger partial charge in [0.1, 0.15) is 5.75 Å². The molecule has 0 aliphatic carbocycles. The Hall–Kier alpha value is -3.65. The molecular formula is C26H21ClF3N3O2. The molecule has 0 saturated heterocycles. The van der Waals surface area contributed by atoms with Crippen molar-refractivity contribution >= 4 is 34.2 Å².